The molecule has 0 nitrogen and oxygen atoms in total. The second kappa shape index (κ2) is 8.38. The summed E-state index contributed by atoms with van der Waals surface area (Å²) < 4.78 is 0. The Kier molecular flexibility index (Phi) is 6.21. The van der Waals surface area contributed by atoms with E-state index >= 15 is 0 Å². The summed E-state index contributed by atoms with van der Waals surface area (Å²) in [6, 6.07) is 15.2. The Bertz CT molecular complexity index is 694. The lowest BCUT2D eigenvalue weighted by Gasteiger charge is -2.07. The van der Waals surface area contributed by atoms with E-state index < -0.39 is 0 Å². The van der Waals surface area contributed by atoms with Gasteiger partial charge in [0.15, 0.2) is 0 Å². The molecular formula is C22H26. The Morgan fingerprint density at radius 2 is 1.73 bits per heavy atom. The molecule has 0 saturated carbocycles. The van der Waals surface area contributed by atoms with Crippen LogP contribution in [0.25, 0.3) is 16.3 Å². The van der Waals surface area contributed by atoms with E-state index in [-0.39, 0.29) is 0 Å². The molecule has 0 saturated heterocycles. The highest BCUT2D eigenvalue weighted by Crippen LogP contribution is 2.28. The molecule has 0 radical (unpaired) electrons. The van der Waals surface area contributed by atoms with Crippen molar-refractivity contribution in [3.05, 3.63) is 77.9 Å². The van der Waals surface area contributed by atoms with E-state index in [0.29, 0.717) is 0 Å². The van der Waals surface area contributed by atoms with Crippen molar-refractivity contribution in [1.82, 2.24) is 0 Å². The molecule has 0 fully saturated rings. The van der Waals surface area contributed by atoms with Crippen molar-refractivity contribution in [2.75, 3.05) is 0 Å². The van der Waals surface area contributed by atoms with Gasteiger partial charge in [0.2, 0.25) is 0 Å². The van der Waals surface area contributed by atoms with Gasteiger partial charge in [-0.25, -0.2) is 0 Å². The molecule has 0 amide bonds. The van der Waals surface area contributed by atoms with Crippen molar-refractivity contribution in [3.63, 3.8) is 0 Å². The minimum absolute atomic E-state index is 1.07. The number of hydrogen-bond acceptors (Lipinski definition) is 0. The first kappa shape index (κ1) is 16.3. The lowest BCUT2D eigenvalue weighted by atomic mass is 9.97. The van der Waals surface area contributed by atoms with E-state index in [0.717, 1.165) is 6.42 Å². The van der Waals surface area contributed by atoms with Gasteiger partial charge in [0.1, 0.15) is 0 Å². The first-order valence-corrected chi connectivity index (χ1v) is 8.43. The van der Waals surface area contributed by atoms with Crippen molar-refractivity contribution in [2.45, 2.75) is 40.0 Å². The van der Waals surface area contributed by atoms with Crippen LogP contribution < -0.4 is 0 Å². The molecule has 3 rings (SSSR count). The maximum atomic E-state index is 2.37. The van der Waals surface area contributed by atoms with Crippen molar-refractivity contribution >= 4 is 16.3 Å². The van der Waals surface area contributed by atoms with Crippen molar-refractivity contribution in [3.8, 4) is 0 Å². The highest BCUT2D eigenvalue weighted by Gasteiger charge is 2.05. The summed E-state index contributed by atoms with van der Waals surface area (Å²) >= 11 is 0. The molecular weight excluding hydrogens is 264 g/mol. The van der Waals surface area contributed by atoms with Crippen LogP contribution in [0.1, 0.15) is 45.6 Å². The van der Waals surface area contributed by atoms with Crippen LogP contribution in [-0.4, -0.2) is 0 Å². The molecule has 0 spiro atoms. The van der Waals surface area contributed by atoms with Crippen LogP contribution in [0.15, 0.2) is 72.3 Å². The molecule has 0 aromatic heterocycles. The van der Waals surface area contributed by atoms with Gasteiger partial charge in [0, 0.05) is 0 Å². The zero-order chi connectivity index (χ0) is 15.8. The van der Waals surface area contributed by atoms with E-state index in [2.05, 4.69) is 73.7 Å². The summed E-state index contributed by atoms with van der Waals surface area (Å²) in [5, 5.41) is 2.65. The van der Waals surface area contributed by atoms with Crippen molar-refractivity contribution < 1.29 is 0 Å². The first-order valence-electron chi connectivity index (χ1n) is 8.43. The minimum atomic E-state index is 1.07. The Labute approximate surface area is 134 Å². The second-order valence-corrected chi connectivity index (χ2v) is 5.32. The van der Waals surface area contributed by atoms with Crippen LogP contribution in [0.5, 0.6) is 0 Å². The van der Waals surface area contributed by atoms with E-state index in [1.807, 2.05) is 13.8 Å². The fourth-order valence-corrected chi connectivity index (χ4v) is 2.85. The zero-order valence-electron chi connectivity index (χ0n) is 14.0. The predicted octanol–water partition coefficient (Wildman–Crippen LogP) is 6.94. The highest BCUT2D eigenvalue weighted by atomic mass is 14.1. The van der Waals surface area contributed by atoms with Crippen LogP contribution in [0, 0.1) is 0 Å². The summed E-state index contributed by atoms with van der Waals surface area (Å²) in [7, 11) is 0. The number of fused-ring (bicyclic) bond motifs is 1. The van der Waals surface area contributed by atoms with Gasteiger partial charge in [-0.05, 0) is 34.8 Å². The monoisotopic (exact) mass is 290 g/mol. The molecule has 1 aliphatic rings. The van der Waals surface area contributed by atoms with Gasteiger partial charge in [-0.15, -0.1) is 0 Å². The van der Waals surface area contributed by atoms with Gasteiger partial charge in [-0.1, -0.05) is 99.5 Å². The van der Waals surface area contributed by atoms with Gasteiger partial charge >= 0.3 is 0 Å². The number of allylic oxidation sites excluding steroid dienone is 6. The topological polar surface area (TPSA) is 0 Å². The Balaban J connectivity index is 0.000000847. The smallest absolute Gasteiger partial charge is 0.0106 e. The molecule has 2 aromatic carbocycles. The maximum Gasteiger partial charge on any atom is -0.0106 e. The van der Waals surface area contributed by atoms with Crippen LogP contribution in [0.3, 0.4) is 0 Å². The number of benzene rings is 2. The fraction of sp³-hybridized carbons (Fsp3) is 0.273. The molecule has 0 heteroatoms. The van der Waals surface area contributed by atoms with E-state index in [1.165, 1.54) is 40.3 Å². The third-order valence-electron chi connectivity index (χ3n) is 3.86. The third kappa shape index (κ3) is 3.76. The molecule has 0 heterocycles. The summed E-state index contributed by atoms with van der Waals surface area (Å²) in [5.74, 6) is 0. The quantitative estimate of drug-likeness (QED) is 0.574. The summed E-state index contributed by atoms with van der Waals surface area (Å²) in [6.07, 6.45) is 12.6. The summed E-state index contributed by atoms with van der Waals surface area (Å²) in [5.41, 5.74) is 4.20. The van der Waals surface area contributed by atoms with Crippen LogP contribution in [-0.2, 0) is 0 Å². The van der Waals surface area contributed by atoms with Crippen LogP contribution in [0.4, 0.5) is 0 Å². The average molecular weight is 290 g/mol. The van der Waals surface area contributed by atoms with Gasteiger partial charge in [-0.2, -0.15) is 0 Å². The minimum Gasteiger partial charge on any atom is -0.0726 e. The number of rotatable bonds is 3. The molecule has 1 aliphatic carbocycles. The third-order valence-corrected chi connectivity index (χ3v) is 3.86. The molecule has 22 heavy (non-hydrogen) atoms. The molecule has 114 valence electrons. The van der Waals surface area contributed by atoms with Crippen LogP contribution >= 0.6 is 0 Å². The molecule has 0 bridgehead atoms. The Morgan fingerprint density at radius 1 is 0.955 bits per heavy atom. The van der Waals surface area contributed by atoms with Gasteiger partial charge < -0.3 is 0 Å². The lowest BCUT2D eigenvalue weighted by Crippen LogP contribution is -1.85. The van der Waals surface area contributed by atoms with Crippen molar-refractivity contribution in [2.24, 2.45) is 0 Å². The standard InChI is InChI=1S/C20H20.C2H6/c1-2-7-16-8-5-10-18(15-14-16)20-13-6-11-17-9-3-4-12-19(17)20;1-2/h3-6,8-13,15H,2,7,14H2,1H3;1-2H3. The average Bonchev–Trinajstić information content (AvgIpc) is 2.82. The largest absolute Gasteiger partial charge is 0.0726 e. The maximum absolute atomic E-state index is 2.37. The first-order chi connectivity index (χ1) is 10.9. The van der Waals surface area contributed by atoms with Crippen LogP contribution in [0.2, 0.25) is 0 Å². The molecule has 2 aromatic rings. The zero-order valence-corrected chi connectivity index (χ0v) is 14.0. The normalized spacial score (nSPS) is 13.8. The van der Waals surface area contributed by atoms with E-state index in [4.69, 9.17) is 0 Å². The highest BCUT2D eigenvalue weighted by molar-refractivity contribution is 5.96. The molecule has 0 unspecified atom stereocenters. The molecule has 0 N–H and O–H groups in total. The second-order valence-electron chi connectivity index (χ2n) is 5.32. The number of hydrogen-bond donors (Lipinski definition) is 0. The van der Waals surface area contributed by atoms with Gasteiger partial charge in [0.05, 0.1) is 0 Å². The SMILES string of the molecule is CC.CCCC1=CC=CC(c2cccc3ccccc23)=CC1. The fourth-order valence-electron chi connectivity index (χ4n) is 2.85. The predicted molar refractivity (Wildman–Crippen MR) is 100 cm³/mol. The molecule has 0 aliphatic heterocycles. The van der Waals surface area contributed by atoms with Gasteiger partial charge in [0.25, 0.3) is 0 Å². The Morgan fingerprint density at radius 3 is 2.55 bits per heavy atom. The summed E-state index contributed by atoms with van der Waals surface area (Å²) in [6.45, 7) is 6.24. The Hall–Kier alpha value is -2.08. The van der Waals surface area contributed by atoms with E-state index in [1.54, 1.807) is 0 Å². The van der Waals surface area contributed by atoms with E-state index in [9.17, 15) is 0 Å². The van der Waals surface area contributed by atoms with Gasteiger partial charge in [-0.3, -0.25) is 0 Å². The summed E-state index contributed by atoms with van der Waals surface area (Å²) in [4.78, 5) is 0. The lowest BCUT2D eigenvalue weighted by molar-refractivity contribution is 0.881. The van der Waals surface area contributed by atoms with Crippen molar-refractivity contribution in [1.29, 1.82) is 0 Å². The molecule has 0 atom stereocenters.